The van der Waals surface area contributed by atoms with Crippen LogP contribution >= 0.6 is 0 Å². The molecule has 18 heavy (non-hydrogen) atoms. The molecule has 3 nitrogen and oxygen atoms in total. The van der Waals surface area contributed by atoms with Crippen molar-refractivity contribution >= 4 is 12.0 Å². The monoisotopic (exact) mass is 244 g/mol. The average molecular weight is 244 g/mol. The lowest BCUT2D eigenvalue weighted by Gasteiger charge is -2.28. The maximum atomic E-state index is 11.8. The number of benzene rings is 1. The predicted octanol–water partition coefficient (Wildman–Crippen LogP) is 1.96. The number of nitrogens with one attached hydrogen (secondary N) is 2. The van der Waals surface area contributed by atoms with Crippen LogP contribution in [0, 0.1) is 0 Å². The molecule has 0 spiro atoms. The van der Waals surface area contributed by atoms with E-state index in [0.717, 1.165) is 24.9 Å². The predicted molar refractivity (Wildman–Crippen MR) is 74.1 cm³/mol. The Labute approximate surface area is 108 Å². The minimum Gasteiger partial charge on any atom is -0.350 e. The van der Waals surface area contributed by atoms with E-state index in [4.69, 9.17) is 0 Å². The molecular weight excluding hydrogens is 224 g/mol. The second kappa shape index (κ2) is 6.36. The van der Waals surface area contributed by atoms with Crippen molar-refractivity contribution in [3.05, 3.63) is 42.0 Å². The van der Waals surface area contributed by atoms with Gasteiger partial charge in [0.05, 0.1) is 0 Å². The Morgan fingerprint density at radius 3 is 2.89 bits per heavy atom. The SMILES string of the molecule is CC1CC(NC(=O)/C=C/c2ccccc2)CCN1. The number of hydrogen-bond acceptors (Lipinski definition) is 2. The molecule has 1 heterocycles. The van der Waals surface area contributed by atoms with Crippen LogP contribution in [-0.4, -0.2) is 24.5 Å². The molecule has 0 aliphatic carbocycles. The first kappa shape index (κ1) is 12.8. The van der Waals surface area contributed by atoms with E-state index in [2.05, 4.69) is 17.6 Å². The average Bonchev–Trinajstić information content (AvgIpc) is 2.38. The highest BCUT2D eigenvalue weighted by atomic mass is 16.1. The van der Waals surface area contributed by atoms with Gasteiger partial charge in [-0.25, -0.2) is 0 Å². The molecule has 2 rings (SSSR count). The van der Waals surface area contributed by atoms with Gasteiger partial charge in [-0.05, 0) is 37.9 Å². The van der Waals surface area contributed by atoms with Gasteiger partial charge in [0, 0.05) is 18.2 Å². The fraction of sp³-hybridized carbons (Fsp3) is 0.400. The molecule has 1 aromatic carbocycles. The van der Waals surface area contributed by atoms with E-state index in [9.17, 15) is 4.79 Å². The maximum Gasteiger partial charge on any atom is 0.244 e. The highest BCUT2D eigenvalue weighted by Gasteiger charge is 2.18. The van der Waals surface area contributed by atoms with Gasteiger partial charge in [0.15, 0.2) is 0 Å². The summed E-state index contributed by atoms with van der Waals surface area (Å²) in [6.07, 6.45) is 5.47. The molecule has 1 amide bonds. The first-order valence-corrected chi connectivity index (χ1v) is 6.51. The standard InChI is InChI=1S/C15H20N2O/c1-12-11-14(9-10-16-12)17-15(18)8-7-13-5-3-2-4-6-13/h2-8,12,14,16H,9-11H2,1H3,(H,17,18)/b8-7+. The number of carbonyl (C=O) groups is 1. The molecule has 2 N–H and O–H groups in total. The first-order chi connectivity index (χ1) is 8.74. The van der Waals surface area contributed by atoms with Crippen LogP contribution < -0.4 is 10.6 Å². The smallest absolute Gasteiger partial charge is 0.244 e. The van der Waals surface area contributed by atoms with E-state index in [1.807, 2.05) is 36.4 Å². The Kier molecular flexibility index (Phi) is 4.53. The topological polar surface area (TPSA) is 41.1 Å². The van der Waals surface area contributed by atoms with Crippen molar-refractivity contribution in [3.8, 4) is 0 Å². The second-order valence-corrected chi connectivity index (χ2v) is 4.83. The molecule has 1 aliphatic heterocycles. The first-order valence-electron chi connectivity index (χ1n) is 6.51. The molecule has 1 fully saturated rings. The Balaban J connectivity index is 1.83. The number of piperidine rings is 1. The van der Waals surface area contributed by atoms with Gasteiger partial charge in [0.25, 0.3) is 0 Å². The minimum absolute atomic E-state index is 0.00190. The quantitative estimate of drug-likeness (QED) is 0.798. The molecule has 2 atom stereocenters. The molecule has 0 aromatic heterocycles. The molecular formula is C15H20N2O. The van der Waals surface area contributed by atoms with Gasteiger partial charge in [-0.2, -0.15) is 0 Å². The summed E-state index contributed by atoms with van der Waals surface area (Å²) >= 11 is 0. The lowest BCUT2D eigenvalue weighted by atomic mass is 10.0. The molecule has 3 heteroatoms. The summed E-state index contributed by atoms with van der Waals surface area (Å²) in [4.78, 5) is 11.8. The number of amides is 1. The molecule has 96 valence electrons. The van der Waals surface area contributed by atoms with Crippen molar-refractivity contribution in [2.24, 2.45) is 0 Å². The minimum atomic E-state index is -0.00190. The van der Waals surface area contributed by atoms with E-state index >= 15 is 0 Å². The van der Waals surface area contributed by atoms with Crippen molar-refractivity contribution in [2.75, 3.05) is 6.54 Å². The lowest BCUT2D eigenvalue weighted by molar-refractivity contribution is -0.117. The van der Waals surface area contributed by atoms with Crippen LogP contribution in [0.5, 0.6) is 0 Å². The molecule has 0 bridgehead atoms. The Hall–Kier alpha value is -1.61. The molecule has 2 unspecified atom stereocenters. The van der Waals surface area contributed by atoms with Crippen molar-refractivity contribution in [2.45, 2.75) is 31.8 Å². The second-order valence-electron chi connectivity index (χ2n) is 4.83. The molecule has 1 aliphatic rings. The Bertz CT molecular complexity index is 414. The van der Waals surface area contributed by atoms with E-state index in [1.54, 1.807) is 6.08 Å². The highest BCUT2D eigenvalue weighted by molar-refractivity contribution is 5.91. The van der Waals surface area contributed by atoms with Crippen LogP contribution in [0.2, 0.25) is 0 Å². The third-order valence-electron chi connectivity index (χ3n) is 3.20. The zero-order valence-electron chi connectivity index (χ0n) is 10.7. The van der Waals surface area contributed by atoms with Gasteiger partial charge in [-0.3, -0.25) is 4.79 Å². The van der Waals surface area contributed by atoms with Crippen LogP contribution in [0.15, 0.2) is 36.4 Å². The fourth-order valence-electron chi connectivity index (χ4n) is 2.25. The van der Waals surface area contributed by atoms with E-state index in [-0.39, 0.29) is 5.91 Å². The molecule has 1 saturated heterocycles. The van der Waals surface area contributed by atoms with Gasteiger partial charge in [-0.1, -0.05) is 30.3 Å². The van der Waals surface area contributed by atoms with Gasteiger partial charge in [-0.15, -0.1) is 0 Å². The van der Waals surface area contributed by atoms with Gasteiger partial charge < -0.3 is 10.6 Å². The van der Waals surface area contributed by atoms with Crippen molar-refractivity contribution in [1.29, 1.82) is 0 Å². The van der Waals surface area contributed by atoms with Gasteiger partial charge >= 0.3 is 0 Å². The van der Waals surface area contributed by atoms with E-state index < -0.39 is 0 Å². The number of carbonyl (C=O) groups excluding carboxylic acids is 1. The number of rotatable bonds is 3. The van der Waals surface area contributed by atoms with Crippen molar-refractivity contribution in [3.63, 3.8) is 0 Å². The van der Waals surface area contributed by atoms with Crippen LogP contribution in [0.25, 0.3) is 6.08 Å². The van der Waals surface area contributed by atoms with Crippen LogP contribution in [0.3, 0.4) is 0 Å². The maximum absolute atomic E-state index is 11.8. The van der Waals surface area contributed by atoms with Crippen LogP contribution in [-0.2, 0) is 4.79 Å². The lowest BCUT2D eigenvalue weighted by Crippen LogP contribution is -2.46. The summed E-state index contributed by atoms with van der Waals surface area (Å²) in [5.74, 6) is -0.00190. The Morgan fingerprint density at radius 2 is 2.17 bits per heavy atom. The fourth-order valence-corrected chi connectivity index (χ4v) is 2.25. The zero-order chi connectivity index (χ0) is 12.8. The van der Waals surface area contributed by atoms with E-state index in [0.29, 0.717) is 12.1 Å². The zero-order valence-corrected chi connectivity index (χ0v) is 10.7. The molecule has 0 radical (unpaired) electrons. The van der Waals surface area contributed by atoms with Gasteiger partial charge in [0.1, 0.15) is 0 Å². The van der Waals surface area contributed by atoms with Crippen molar-refractivity contribution in [1.82, 2.24) is 10.6 Å². The summed E-state index contributed by atoms with van der Waals surface area (Å²) in [6.45, 7) is 3.13. The van der Waals surface area contributed by atoms with E-state index in [1.165, 1.54) is 0 Å². The third kappa shape index (κ3) is 4.00. The summed E-state index contributed by atoms with van der Waals surface area (Å²) in [6, 6.07) is 10.6. The largest absolute Gasteiger partial charge is 0.350 e. The summed E-state index contributed by atoms with van der Waals surface area (Å²) in [5, 5.41) is 6.43. The van der Waals surface area contributed by atoms with Crippen molar-refractivity contribution < 1.29 is 4.79 Å². The van der Waals surface area contributed by atoms with Crippen LogP contribution in [0.1, 0.15) is 25.3 Å². The Morgan fingerprint density at radius 1 is 1.39 bits per heavy atom. The van der Waals surface area contributed by atoms with Crippen LogP contribution in [0.4, 0.5) is 0 Å². The normalized spacial score (nSPS) is 24.1. The number of hydrogen-bond donors (Lipinski definition) is 2. The summed E-state index contributed by atoms with van der Waals surface area (Å²) in [5.41, 5.74) is 1.05. The third-order valence-corrected chi connectivity index (χ3v) is 3.20. The highest BCUT2D eigenvalue weighted by Crippen LogP contribution is 2.08. The molecule has 1 aromatic rings. The molecule has 0 saturated carbocycles. The summed E-state index contributed by atoms with van der Waals surface area (Å²) < 4.78 is 0. The summed E-state index contributed by atoms with van der Waals surface area (Å²) in [7, 11) is 0. The van der Waals surface area contributed by atoms with Gasteiger partial charge in [0.2, 0.25) is 5.91 Å².